The van der Waals surface area contributed by atoms with Gasteiger partial charge in [0.25, 0.3) is 0 Å². The molecular weight excluding hydrogens is 215 g/mol. The molecule has 0 aromatic rings. The Morgan fingerprint density at radius 2 is 2.50 bits per heavy atom. The van der Waals surface area contributed by atoms with Gasteiger partial charge in [0.15, 0.2) is 0 Å². The van der Waals surface area contributed by atoms with Gasteiger partial charge in [-0.2, -0.15) is 0 Å². The van der Waals surface area contributed by atoms with E-state index in [1.165, 1.54) is 5.57 Å². The summed E-state index contributed by atoms with van der Waals surface area (Å²) in [7, 11) is 0. The third kappa shape index (κ3) is 1.05. The van der Waals surface area contributed by atoms with Crippen molar-refractivity contribution in [3.8, 4) is 0 Å². The highest BCUT2D eigenvalue weighted by atomic mass is 127. The van der Waals surface area contributed by atoms with Crippen LogP contribution in [0.15, 0.2) is 12.2 Å². The van der Waals surface area contributed by atoms with Crippen LogP contribution in [0.5, 0.6) is 0 Å². The fourth-order valence-electron chi connectivity index (χ4n) is 0.648. The van der Waals surface area contributed by atoms with E-state index < -0.39 is 0 Å². The molecule has 8 heavy (non-hydrogen) atoms. The molecule has 2 heteroatoms. The summed E-state index contributed by atoms with van der Waals surface area (Å²) in [5.41, 5.74) is 1.23. The summed E-state index contributed by atoms with van der Waals surface area (Å²) in [6.07, 6.45) is 0. The summed E-state index contributed by atoms with van der Waals surface area (Å²) in [5.74, 6) is 0.551. The van der Waals surface area contributed by atoms with Crippen molar-refractivity contribution in [2.75, 3.05) is 6.61 Å². The van der Waals surface area contributed by atoms with Crippen LogP contribution in [-0.4, -0.2) is 10.7 Å². The molecule has 1 rings (SSSR count). The first-order valence-electron chi connectivity index (χ1n) is 2.65. The largest absolute Gasteiger partial charge is 0.363 e. The molecule has 2 atom stereocenters. The summed E-state index contributed by atoms with van der Waals surface area (Å²) < 4.78 is 5.63. The molecule has 0 radical (unpaired) electrons. The Kier molecular flexibility index (Phi) is 1.92. The minimum Gasteiger partial charge on any atom is -0.363 e. The van der Waals surface area contributed by atoms with Gasteiger partial charge in [-0.05, 0) is 5.57 Å². The van der Waals surface area contributed by atoms with Crippen LogP contribution in [0.3, 0.4) is 0 Å². The molecule has 0 aromatic carbocycles. The van der Waals surface area contributed by atoms with E-state index in [9.17, 15) is 0 Å². The predicted molar refractivity (Wildman–Crippen MR) is 42.1 cm³/mol. The van der Waals surface area contributed by atoms with E-state index in [4.69, 9.17) is 4.74 Å². The maximum atomic E-state index is 5.26. The highest BCUT2D eigenvalue weighted by Crippen LogP contribution is 2.28. The zero-order valence-corrected chi connectivity index (χ0v) is 7.01. The Balaban J connectivity index is 2.56. The van der Waals surface area contributed by atoms with Crippen LogP contribution in [0.1, 0.15) is 6.92 Å². The van der Waals surface area contributed by atoms with E-state index in [1.807, 2.05) is 0 Å². The zero-order chi connectivity index (χ0) is 6.15. The first-order chi connectivity index (χ1) is 3.72. The smallest absolute Gasteiger partial charge is 0.115 e. The van der Waals surface area contributed by atoms with Gasteiger partial charge in [-0.1, -0.05) is 36.1 Å². The Morgan fingerprint density at radius 3 is 2.62 bits per heavy atom. The SMILES string of the molecule is C=C1COC(I)C1C. The molecule has 0 bridgehead atoms. The Hall–Kier alpha value is 0.430. The third-order valence-electron chi connectivity index (χ3n) is 1.47. The van der Waals surface area contributed by atoms with Gasteiger partial charge >= 0.3 is 0 Å². The number of ether oxygens (including phenoxy) is 1. The molecule has 2 unspecified atom stereocenters. The average molecular weight is 224 g/mol. The molecule has 1 fully saturated rings. The lowest BCUT2D eigenvalue weighted by atomic mass is 10.1. The van der Waals surface area contributed by atoms with E-state index in [0.717, 1.165) is 6.61 Å². The monoisotopic (exact) mass is 224 g/mol. The maximum Gasteiger partial charge on any atom is 0.115 e. The summed E-state index contributed by atoms with van der Waals surface area (Å²) in [5, 5.41) is 0. The second kappa shape index (κ2) is 2.35. The van der Waals surface area contributed by atoms with Gasteiger partial charge in [-0.15, -0.1) is 0 Å². The first-order valence-corrected chi connectivity index (χ1v) is 3.89. The normalized spacial score (nSPS) is 38.5. The predicted octanol–water partition coefficient (Wildman–Crippen LogP) is 1.97. The second-order valence-corrected chi connectivity index (χ2v) is 3.34. The molecule has 0 amide bonds. The summed E-state index contributed by atoms with van der Waals surface area (Å²) in [6, 6.07) is 0. The Bertz CT molecular complexity index is 111. The lowest BCUT2D eigenvalue weighted by Crippen LogP contribution is -2.02. The van der Waals surface area contributed by atoms with Crippen LogP contribution in [0, 0.1) is 5.92 Å². The molecule has 1 saturated heterocycles. The van der Waals surface area contributed by atoms with Crippen molar-refractivity contribution in [2.24, 2.45) is 5.92 Å². The minimum atomic E-state index is 0.361. The van der Waals surface area contributed by atoms with E-state index in [-0.39, 0.29) is 0 Å². The van der Waals surface area contributed by atoms with Crippen LogP contribution in [0.4, 0.5) is 0 Å². The quantitative estimate of drug-likeness (QED) is 0.347. The van der Waals surface area contributed by atoms with Gasteiger partial charge in [-0.25, -0.2) is 0 Å². The molecule has 1 aliphatic heterocycles. The van der Waals surface area contributed by atoms with Crippen molar-refractivity contribution in [3.05, 3.63) is 12.2 Å². The topological polar surface area (TPSA) is 9.23 Å². The van der Waals surface area contributed by atoms with Gasteiger partial charge in [0.2, 0.25) is 0 Å². The Labute approximate surface area is 63.2 Å². The average Bonchev–Trinajstić information content (AvgIpc) is 1.98. The minimum absolute atomic E-state index is 0.361. The summed E-state index contributed by atoms with van der Waals surface area (Å²) in [6.45, 7) is 6.76. The van der Waals surface area contributed by atoms with Gasteiger partial charge in [0.05, 0.1) is 6.61 Å². The van der Waals surface area contributed by atoms with Gasteiger partial charge < -0.3 is 4.74 Å². The molecule has 1 aliphatic rings. The molecule has 0 aromatic heterocycles. The number of alkyl halides is 1. The van der Waals surface area contributed by atoms with E-state index >= 15 is 0 Å². The van der Waals surface area contributed by atoms with Crippen LogP contribution in [-0.2, 0) is 4.74 Å². The first kappa shape index (κ1) is 6.55. The van der Waals surface area contributed by atoms with E-state index in [0.29, 0.717) is 10.0 Å². The van der Waals surface area contributed by atoms with Gasteiger partial charge in [-0.3, -0.25) is 0 Å². The number of hydrogen-bond acceptors (Lipinski definition) is 1. The van der Waals surface area contributed by atoms with Crippen molar-refractivity contribution in [3.63, 3.8) is 0 Å². The molecule has 1 nitrogen and oxygen atoms in total. The van der Waals surface area contributed by atoms with Crippen LogP contribution in [0.25, 0.3) is 0 Å². The maximum absolute atomic E-state index is 5.26. The van der Waals surface area contributed by atoms with Crippen molar-refractivity contribution >= 4 is 22.6 Å². The van der Waals surface area contributed by atoms with Crippen molar-refractivity contribution < 1.29 is 4.74 Å². The van der Waals surface area contributed by atoms with Crippen LogP contribution < -0.4 is 0 Å². The van der Waals surface area contributed by atoms with Gasteiger partial charge in [0.1, 0.15) is 4.11 Å². The lowest BCUT2D eigenvalue weighted by Gasteiger charge is -2.03. The number of halogens is 1. The van der Waals surface area contributed by atoms with Gasteiger partial charge in [0, 0.05) is 5.92 Å². The van der Waals surface area contributed by atoms with E-state index in [2.05, 4.69) is 36.1 Å². The molecule has 1 heterocycles. The van der Waals surface area contributed by atoms with Crippen LogP contribution in [0.2, 0.25) is 0 Å². The molecule has 0 aliphatic carbocycles. The van der Waals surface area contributed by atoms with Crippen molar-refractivity contribution in [2.45, 2.75) is 11.0 Å². The van der Waals surface area contributed by atoms with E-state index in [1.54, 1.807) is 0 Å². The lowest BCUT2D eigenvalue weighted by molar-refractivity contribution is 0.176. The molecule has 46 valence electrons. The van der Waals surface area contributed by atoms with Crippen LogP contribution >= 0.6 is 22.6 Å². The molecule has 0 saturated carbocycles. The third-order valence-corrected chi connectivity index (χ3v) is 2.90. The zero-order valence-electron chi connectivity index (χ0n) is 4.86. The van der Waals surface area contributed by atoms with Crippen molar-refractivity contribution in [1.29, 1.82) is 0 Å². The van der Waals surface area contributed by atoms with Crippen molar-refractivity contribution in [1.82, 2.24) is 0 Å². The number of hydrogen-bond donors (Lipinski definition) is 0. The highest BCUT2D eigenvalue weighted by Gasteiger charge is 2.24. The summed E-state index contributed by atoms with van der Waals surface area (Å²) in [4.78, 5) is 0. The highest BCUT2D eigenvalue weighted by molar-refractivity contribution is 14.1. The fourth-order valence-corrected chi connectivity index (χ4v) is 1.34. The molecular formula is C6H9IO. The Morgan fingerprint density at radius 1 is 1.88 bits per heavy atom. The second-order valence-electron chi connectivity index (χ2n) is 2.11. The molecule has 0 spiro atoms. The summed E-state index contributed by atoms with van der Waals surface area (Å²) >= 11 is 2.29. The molecule has 0 N–H and O–H groups in total. The fraction of sp³-hybridized carbons (Fsp3) is 0.667. The standard InChI is InChI=1S/C6H9IO/c1-4-3-8-6(7)5(4)2/h5-6H,1,3H2,2H3. The number of rotatable bonds is 0.